The van der Waals surface area contributed by atoms with Crippen LogP contribution in [-0.2, 0) is 0 Å². The number of hydrogen-bond donors (Lipinski definition) is 3. The summed E-state index contributed by atoms with van der Waals surface area (Å²) in [6.45, 7) is 6.52. The number of rotatable bonds is 5. The predicted molar refractivity (Wildman–Crippen MR) is 157 cm³/mol. The molecule has 2 fully saturated rings. The first-order valence-electron chi connectivity index (χ1n) is 13.8. The van der Waals surface area contributed by atoms with Gasteiger partial charge >= 0.3 is 0 Å². The van der Waals surface area contributed by atoms with Gasteiger partial charge in [0.2, 0.25) is 0 Å². The highest BCUT2D eigenvalue weighted by atomic mass is 35.5. The van der Waals surface area contributed by atoms with E-state index < -0.39 is 0 Å². The van der Waals surface area contributed by atoms with Crippen molar-refractivity contribution in [3.8, 4) is 22.6 Å². The fraction of sp³-hybridized carbons (Fsp3) is 0.355. The van der Waals surface area contributed by atoms with Crippen LogP contribution in [-0.4, -0.2) is 38.0 Å². The Bertz CT molecular complexity index is 1700. The van der Waals surface area contributed by atoms with Gasteiger partial charge in [0.1, 0.15) is 5.65 Å². The van der Waals surface area contributed by atoms with E-state index in [-0.39, 0.29) is 11.5 Å². The molecule has 1 aromatic carbocycles. The fourth-order valence-electron chi connectivity index (χ4n) is 6.30. The van der Waals surface area contributed by atoms with Gasteiger partial charge in [-0.2, -0.15) is 0 Å². The smallest absolute Gasteiger partial charge is 0.160 e. The summed E-state index contributed by atoms with van der Waals surface area (Å²) in [5, 5.41) is 6.27. The minimum atomic E-state index is -0.214. The lowest BCUT2D eigenvalue weighted by molar-refractivity contribution is 0.128. The van der Waals surface area contributed by atoms with Crippen LogP contribution in [0.5, 0.6) is 0 Å². The number of benzene rings is 1. The zero-order chi connectivity index (χ0) is 26.7. The van der Waals surface area contributed by atoms with E-state index in [1.807, 2.05) is 42.7 Å². The predicted octanol–water partition coefficient (Wildman–Crippen LogP) is 6.40. The van der Waals surface area contributed by atoms with Crippen molar-refractivity contribution in [2.45, 2.75) is 45.1 Å². The van der Waals surface area contributed by atoms with E-state index in [9.17, 15) is 0 Å². The number of aromatic amines is 1. The topological polar surface area (TPSA) is 105 Å². The van der Waals surface area contributed by atoms with Crippen molar-refractivity contribution in [3.63, 3.8) is 0 Å². The molecule has 1 saturated heterocycles. The van der Waals surface area contributed by atoms with Crippen LogP contribution in [0.15, 0.2) is 55.0 Å². The standard InChI is InChI=1S/C31H32ClN7/c1-31(2)16-34-11-10-22(31)27(33)28-26-21(17-7-8-17)14-35-15-25(26)38-30(39-28)18-9-12-36-29-20(18)13-24(37-29)19-5-3-4-6-23(19)32/h3-6,9,12-15,17,22,27,34H,7-8,10-11,16,33H2,1-2H3,(H,36,37). The van der Waals surface area contributed by atoms with Crippen LogP contribution < -0.4 is 11.1 Å². The average Bonchev–Trinajstić information content (AvgIpc) is 3.69. The Balaban J connectivity index is 1.43. The Morgan fingerprint density at radius 2 is 1.90 bits per heavy atom. The number of halogens is 1. The molecule has 1 aliphatic carbocycles. The summed E-state index contributed by atoms with van der Waals surface area (Å²) in [6, 6.07) is 11.7. The van der Waals surface area contributed by atoms with Crippen LogP contribution >= 0.6 is 11.6 Å². The lowest BCUT2D eigenvalue weighted by Gasteiger charge is -2.42. The van der Waals surface area contributed by atoms with E-state index in [0.717, 1.165) is 64.0 Å². The number of H-pyrrole nitrogens is 1. The zero-order valence-electron chi connectivity index (χ0n) is 22.2. The van der Waals surface area contributed by atoms with Crippen molar-refractivity contribution in [3.05, 3.63) is 71.3 Å². The van der Waals surface area contributed by atoms with Crippen molar-refractivity contribution in [2.24, 2.45) is 17.1 Å². The van der Waals surface area contributed by atoms with Gasteiger partial charge in [-0.05, 0) is 66.8 Å². The molecule has 2 aliphatic rings. The van der Waals surface area contributed by atoms with Crippen molar-refractivity contribution in [1.82, 2.24) is 30.2 Å². The monoisotopic (exact) mass is 537 g/mol. The van der Waals surface area contributed by atoms with Gasteiger partial charge in [0, 0.05) is 51.6 Å². The lowest BCUT2D eigenvalue weighted by Crippen LogP contribution is -2.47. The van der Waals surface area contributed by atoms with E-state index in [1.54, 1.807) is 6.20 Å². The van der Waals surface area contributed by atoms with Gasteiger partial charge in [0.25, 0.3) is 0 Å². The van der Waals surface area contributed by atoms with Gasteiger partial charge in [-0.1, -0.05) is 43.6 Å². The molecule has 0 spiro atoms. The fourth-order valence-corrected chi connectivity index (χ4v) is 6.53. The molecule has 2 unspecified atom stereocenters. The Morgan fingerprint density at radius 1 is 1.05 bits per heavy atom. The van der Waals surface area contributed by atoms with Crippen molar-refractivity contribution >= 4 is 33.5 Å². The third-order valence-electron chi connectivity index (χ3n) is 8.58. The molecule has 7 nitrogen and oxygen atoms in total. The van der Waals surface area contributed by atoms with Crippen LogP contribution in [0.1, 0.15) is 56.3 Å². The van der Waals surface area contributed by atoms with Crippen molar-refractivity contribution in [2.75, 3.05) is 13.1 Å². The maximum atomic E-state index is 7.19. The molecule has 5 heterocycles. The summed E-state index contributed by atoms with van der Waals surface area (Å²) in [4.78, 5) is 23.0. The second kappa shape index (κ2) is 9.37. The van der Waals surface area contributed by atoms with Crippen molar-refractivity contribution in [1.29, 1.82) is 0 Å². The largest absolute Gasteiger partial charge is 0.339 e. The van der Waals surface area contributed by atoms with Crippen LogP contribution in [0, 0.1) is 11.3 Å². The highest BCUT2D eigenvalue weighted by molar-refractivity contribution is 6.33. The normalized spacial score (nSPS) is 19.9. The number of hydrogen-bond acceptors (Lipinski definition) is 6. The Labute approximate surface area is 232 Å². The first kappa shape index (κ1) is 24.6. The number of piperidine rings is 1. The Hall–Kier alpha value is -3.39. The SMILES string of the molecule is CC1(C)CNCCC1C(N)c1nc(-c2ccnc3[nH]c(-c4ccccc4Cl)cc23)nc2cncc(C3CC3)c12. The maximum absolute atomic E-state index is 7.19. The van der Waals surface area contributed by atoms with Crippen molar-refractivity contribution < 1.29 is 0 Å². The van der Waals surface area contributed by atoms with E-state index in [1.165, 1.54) is 18.4 Å². The number of nitrogens with zero attached hydrogens (tertiary/aromatic N) is 4. The summed E-state index contributed by atoms with van der Waals surface area (Å²) in [5.74, 6) is 1.45. The Morgan fingerprint density at radius 3 is 2.69 bits per heavy atom. The second-order valence-electron chi connectivity index (χ2n) is 11.7. The number of nitrogens with one attached hydrogen (secondary N) is 2. The van der Waals surface area contributed by atoms with Gasteiger partial charge < -0.3 is 16.0 Å². The molecule has 1 saturated carbocycles. The third-order valence-corrected chi connectivity index (χ3v) is 8.91. The Kier molecular flexibility index (Phi) is 5.92. The third kappa shape index (κ3) is 4.29. The number of nitrogens with two attached hydrogens (primary N) is 1. The molecule has 0 radical (unpaired) electrons. The molecule has 198 valence electrons. The van der Waals surface area contributed by atoms with Gasteiger partial charge in [0.05, 0.1) is 23.4 Å². The molecular weight excluding hydrogens is 506 g/mol. The zero-order valence-corrected chi connectivity index (χ0v) is 23.0. The molecule has 5 aromatic rings. The van der Waals surface area contributed by atoms with Gasteiger partial charge in [-0.25, -0.2) is 15.0 Å². The van der Waals surface area contributed by atoms with E-state index in [4.69, 9.17) is 27.3 Å². The van der Waals surface area contributed by atoms with E-state index >= 15 is 0 Å². The molecule has 7 rings (SSSR count). The van der Waals surface area contributed by atoms with E-state index in [2.05, 4.69) is 40.2 Å². The summed E-state index contributed by atoms with van der Waals surface area (Å²) in [5.41, 5.74) is 13.8. The molecule has 1 aliphatic heterocycles. The van der Waals surface area contributed by atoms with Gasteiger partial charge in [-0.15, -0.1) is 0 Å². The van der Waals surface area contributed by atoms with Crippen LogP contribution in [0.3, 0.4) is 0 Å². The molecule has 39 heavy (non-hydrogen) atoms. The highest BCUT2D eigenvalue weighted by Gasteiger charge is 2.39. The second-order valence-corrected chi connectivity index (χ2v) is 12.1. The highest BCUT2D eigenvalue weighted by Crippen LogP contribution is 2.46. The summed E-state index contributed by atoms with van der Waals surface area (Å²) < 4.78 is 0. The minimum absolute atomic E-state index is 0.0519. The number of pyridine rings is 2. The lowest BCUT2D eigenvalue weighted by atomic mass is 9.70. The van der Waals surface area contributed by atoms with E-state index in [0.29, 0.717) is 22.7 Å². The van der Waals surface area contributed by atoms with Crippen LogP contribution in [0.2, 0.25) is 5.02 Å². The minimum Gasteiger partial charge on any atom is -0.339 e. The molecule has 0 bridgehead atoms. The number of aromatic nitrogens is 5. The molecule has 2 atom stereocenters. The first-order valence-corrected chi connectivity index (χ1v) is 14.1. The maximum Gasteiger partial charge on any atom is 0.160 e. The van der Waals surface area contributed by atoms with Crippen LogP contribution in [0.25, 0.3) is 44.6 Å². The average molecular weight is 538 g/mol. The molecule has 8 heteroatoms. The van der Waals surface area contributed by atoms with Gasteiger partial charge in [0.15, 0.2) is 5.82 Å². The molecule has 0 amide bonds. The quantitative estimate of drug-likeness (QED) is 0.239. The summed E-state index contributed by atoms with van der Waals surface area (Å²) in [6.07, 6.45) is 9.02. The van der Waals surface area contributed by atoms with Crippen LogP contribution in [0.4, 0.5) is 0 Å². The van der Waals surface area contributed by atoms with Gasteiger partial charge in [-0.3, -0.25) is 4.98 Å². The molecule has 4 aromatic heterocycles. The summed E-state index contributed by atoms with van der Waals surface area (Å²) >= 11 is 6.52. The summed E-state index contributed by atoms with van der Waals surface area (Å²) in [7, 11) is 0. The molecule has 4 N–H and O–H groups in total. The molecular formula is C31H32ClN7. The first-order chi connectivity index (χ1) is 18.9. The number of fused-ring (bicyclic) bond motifs is 2.